The first kappa shape index (κ1) is 34.0. The summed E-state index contributed by atoms with van der Waals surface area (Å²) in [5.74, 6) is 0.765. The Bertz CT molecular complexity index is 3400. The maximum Gasteiger partial charge on any atom is 0.160 e. The highest BCUT2D eigenvalue weighted by Gasteiger charge is 2.46. The average Bonchev–Trinajstić information content (AvgIpc) is 3.99. The van der Waals surface area contributed by atoms with Crippen molar-refractivity contribution < 1.29 is 0 Å². The van der Waals surface area contributed by atoms with Crippen molar-refractivity contribution >= 4 is 63.1 Å². The molecule has 0 radical (unpaired) electrons. The molecule has 4 heteroatoms. The molecule has 3 aliphatic rings. The van der Waals surface area contributed by atoms with Gasteiger partial charge in [-0.3, -0.25) is 0 Å². The van der Waals surface area contributed by atoms with E-state index in [4.69, 9.17) is 9.97 Å². The van der Waals surface area contributed by atoms with Crippen molar-refractivity contribution in [1.29, 1.82) is 0 Å². The first-order valence-electron chi connectivity index (χ1n) is 21.1. The zero-order valence-corrected chi connectivity index (χ0v) is 34.7. The lowest BCUT2D eigenvalue weighted by Gasteiger charge is -2.36. The Labute approximate surface area is 351 Å². The van der Waals surface area contributed by atoms with E-state index in [9.17, 15) is 0 Å². The van der Waals surface area contributed by atoms with E-state index in [1.54, 1.807) is 22.5 Å². The highest BCUT2D eigenvalue weighted by atomic mass is 32.1. The third kappa shape index (κ3) is 4.73. The molecule has 1 saturated carbocycles. The smallest absolute Gasteiger partial charge is 0.160 e. The van der Waals surface area contributed by atoms with E-state index in [-0.39, 0.29) is 10.8 Å². The van der Waals surface area contributed by atoms with Crippen LogP contribution >= 0.6 is 22.7 Å². The Morgan fingerprint density at radius 3 is 2.00 bits per heavy atom. The van der Waals surface area contributed by atoms with E-state index < -0.39 is 0 Å². The fourth-order valence-electron chi connectivity index (χ4n) is 11.2. The average molecular weight is 793 g/mol. The molecule has 0 unspecified atom stereocenters. The first-order chi connectivity index (χ1) is 29.0. The van der Waals surface area contributed by atoms with E-state index in [1.807, 2.05) is 17.4 Å². The third-order valence-electron chi connectivity index (χ3n) is 14.1. The molecule has 282 valence electrons. The molecular weight excluding hydrogens is 753 g/mol. The van der Waals surface area contributed by atoms with Crippen LogP contribution in [-0.2, 0) is 10.8 Å². The van der Waals surface area contributed by atoms with Gasteiger partial charge < -0.3 is 0 Å². The zero-order valence-electron chi connectivity index (χ0n) is 33.1. The minimum absolute atomic E-state index is 0.102. The molecule has 0 N–H and O–H groups in total. The van der Waals surface area contributed by atoms with Crippen LogP contribution < -0.4 is 0 Å². The molecule has 7 aromatic carbocycles. The lowest BCUT2D eigenvalue weighted by atomic mass is 9.67. The van der Waals surface area contributed by atoms with Crippen LogP contribution in [0.2, 0.25) is 0 Å². The van der Waals surface area contributed by atoms with Gasteiger partial charge in [-0.2, -0.15) is 0 Å². The molecule has 3 heterocycles. The minimum atomic E-state index is -0.102. The Morgan fingerprint density at radius 1 is 0.441 bits per heavy atom. The van der Waals surface area contributed by atoms with Crippen molar-refractivity contribution in [2.75, 3.05) is 0 Å². The van der Waals surface area contributed by atoms with Crippen LogP contribution in [-0.4, -0.2) is 9.97 Å². The topological polar surface area (TPSA) is 25.8 Å². The Balaban J connectivity index is 0.938. The van der Waals surface area contributed by atoms with Crippen molar-refractivity contribution in [3.8, 4) is 56.0 Å². The number of nitrogens with zero attached hydrogens (tertiary/aromatic N) is 2. The molecule has 2 nitrogen and oxygen atoms in total. The summed E-state index contributed by atoms with van der Waals surface area (Å²) in [5.41, 5.74) is 18.6. The van der Waals surface area contributed by atoms with Crippen molar-refractivity contribution in [2.24, 2.45) is 0 Å². The van der Waals surface area contributed by atoms with Crippen LogP contribution in [0, 0.1) is 0 Å². The van der Waals surface area contributed by atoms with E-state index in [0.29, 0.717) is 0 Å². The van der Waals surface area contributed by atoms with Crippen LogP contribution in [0.1, 0.15) is 68.2 Å². The summed E-state index contributed by atoms with van der Waals surface area (Å²) in [5, 5.41) is 3.76. The van der Waals surface area contributed by atoms with Gasteiger partial charge in [-0.15, -0.1) is 22.7 Å². The summed E-state index contributed by atoms with van der Waals surface area (Å²) in [6, 6.07) is 54.7. The fraction of sp³-hybridized carbons (Fsp3) is 0.164. The number of hydrogen-bond donors (Lipinski definition) is 0. The molecule has 0 saturated heterocycles. The summed E-state index contributed by atoms with van der Waals surface area (Å²) in [4.78, 5) is 10.5. The van der Waals surface area contributed by atoms with Gasteiger partial charge in [0.15, 0.2) is 5.82 Å². The van der Waals surface area contributed by atoms with E-state index in [2.05, 4.69) is 153 Å². The maximum absolute atomic E-state index is 5.35. The summed E-state index contributed by atoms with van der Waals surface area (Å²) >= 11 is 3.67. The summed E-state index contributed by atoms with van der Waals surface area (Å²) < 4.78 is 4.94. The minimum Gasteiger partial charge on any atom is -0.226 e. The summed E-state index contributed by atoms with van der Waals surface area (Å²) in [6.07, 6.45) is 6.50. The van der Waals surface area contributed by atoms with Crippen molar-refractivity contribution in [3.63, 3.8) is 0 Å². The molecule has 59 heavy (non-hydrogen) atoms. The number of benzene rings is 7. The molecule has 0 atom stereocenters. The van der Waals surface area contributed by atoms with Crippen LogP contribution in [0.15, 0.2) is 146 Å². The maximum atomic E-state index is 5.35. The Hall–Kier alpha value is -5.94. The van der Waals surface area contributed by atoms with Gasteiger partial charge in [0.1, 0.15) is 0 Å². The highest BCUT2D eigenvalue weighted by Crippen LogP contribution is 2.60. The quantitative estimate of drug-likeness (QED) is 0.178. The molecule has 1 fully saturated rings. The summed E-state index contributed by atoms with van der Waals surface area (Å²) in [7, 11) is 0. The largest absolute Gasteiger partial charge is 0.226 e. The van der Waals surface area contributed by atoms with E-state index in [0.717, 1.165) is 27.3 Å². The summed E-state index contributed by atoms with van der Waals surface area (Å²) in [6.45, 7) is 4.87. The first-order valence-corrected chi connectivity index (χ1v) is 22.7. The molecule has 0 aliphatic heterocycles. The predicted octanol–water partition coefficient (Wildman–Crippen LogP) is 15.8. The molecule has 3 aliphatic carbocycles. The van der Waals surface area contributed by atoms with Crippen molar-refractivity contribution in [1.82, 2.24) is 9.97 Å². The second kappa shape index (κ2) is 12.3. The number of rotatable bonds is 3. The van der Waals surface area contributed by atoms with Gasteiger partial charge >= 0.3 is 0 Å². The second-order valence-electron chi connectivity index (χ2n) is 17.6. The van der Waals surface area contributed by atoms with Crippen LogP contribution in [0.3, 0.4) is 0 Å². The lowest BCUT2D eigenvalue weighted by Crippen LogP contribution is -2.28. The monoisotopic (exact) mass is 792 g/mol. The molecule has 10 aromatic rings. The van der Waals surface area contributed by atoms with Crippen molar-refractivity contribution in [2.45, 2.75) is 56.8 Å². The molecule has 0 bridgehead atoms. The fourth-order valence-corrected chi connectivity index (χ4v) is 13.6. The Morgan fingerprint density at radius 2 is 1.10 bits per heavy atom. The van der Waals surface area contributed by atoms with E-state index >= 15 is 0 Å². The zero-order chi connectivity index (χ0) is 39.0. The second-order valence-corrected chi connectivity index (χ2v) is 19.7. The van der Waals surface area contributed by atoms with E-state index in [1.165, 1.54) is 112 Å². The lowest BCUT2D eigenvalue weighted by molar-refractivity contribution is 0.353. The van der Waals surface area contributed by atoms with Crippen LogP contribution in [0.25, 0.3) is 96.5 Å². The standard InChI is InChI=1S/C55H40N2S2/c1-54(2)44-29-34(22-24-36(44)40-31-46-41(30-45(40)54)35-16-7-9-20-43(35)55(46)26-11-4-12-27-55)33-23-25-48-42(28-33)37-18-13-19-39(51(37)58-48)50-52-49(38-17-8-10-21-47(38)59-52)56-53(57-50)32-14-5-3-6-15-32/h3,5-10,13-25,28-31H,4,11-12,26-27H2,1-2H3. The van der Waals surface area contributed by atoms with Gasteiger partial charge in [0, 0.05) is 52.2 Å². The third-order valence-corrected chi connectivity index (χ3v) is 16.5. The Kier molecular flexibility index (Phi) is 7.08. The molecule has 3 aromatic heterocycles. The van der Waals surface area contributed by atoms with Gasteiger partial charge in [0.25, 0.3) is 0 Å². The number of hydrogen-bond acceptors (Lipinski definition) is 4. The van der Waals surface area contributed by atoms with Gasteiger partial charge in [-0.05, 0) is 105 Å². The van der Waals surface area contributed by atoms with Crippen molar-refractivity contribution in [3.05, 3.63) is 168 Å². The van der Waals surface area contributed by atoms with Gasteiger partial charge in [-0.25, -0.2) is 9.97 Å². The van der Waals surface area contributed by atoms with Crippen LogP contribution in [0.4, 0.5) is 0 Å². The molecule has 0 amide bonds. The molecule has 1 spiro atoms. The SMILES string of the molecule is CC1(C)c2cc(-c3ccc4sc5c(-c6nc(-c7ccccc7)nc7c6sc6ccccc67)cccc5c4c3)ccc2-c2cc3c(cc21)-c1ccccc1C31CCCCC1. The molecule has 13 rings (SSSR count). The predicted molar refractivity (Wildman–Crippen MR) is 251 cm³/mol. The highest BCUT2D eigenvalue weighted by molar-refractivity contribution is 7.27. The number of thiophene rings is 2. The van der Waals surface area contributed by atoms with Gasteiger partial charge in [-0.1, -0.05) is 142 Å². The van der Waals surface area contributed by atoms with Gasteiger partial charge in [0.2, 0.25) is 0 Å². The number of fused-ring (bicyclic) bond motifs is 14. The number of aromatic nitrogens is 2. The van der Waals surface area contributed by atoms with Gasteiger partial charge in [0.05, 0.1) is 15.9 Å². The normalized spacial score (nSPS) is 15.9. The molecular formula is C55H40N2S2. The van der Waals surface area contributed by atoms with Crippen LogP contribution in [0.5, 0.6) is 0 Å².